The average molecular weight is 441 g/mol. The molecule has 0 spiro atoms. The van der Waals surface area contributed by atoms with Crippen molar-refractivity contribution in [2.24, 2.45) is 5.16 Å². The van der Waals surface area contributed by atoms with E-state index in [-0.39, 0.29) is 12.4 Å². The number of aryl methyl sites for hydroxylation is 1. The van der Waals surface area contributed by atoms with Crippen molar-refractivity contribution in [1.82, 2.24) is 0 Å². The lowest BCUT2D eigenvalue weighted by molar-refractivity contribution is -0.394. The fourth-order valence-electron chi connectivity index (χ4n) is 2.72. The summed E-state index contributed by atoms with van der Waals surface area (Å²) in [6.07, 6.45) is 5.12. The van der Waals surface area contributed by atoms with Crippen molar-refractivity contribution in [3.05, 3.63) is 86.5 Å². The monoisotopic (exact) mass is 441 g/mol. The van der Waals surface area contributed by atoms with E-state index in [4.69, 9.17) is 9.57 Å². The minimum atomic E-state index is -0.760. The van der Waals surface area contributed by atoms with Gasteiger partial charge in [0, 0.05) is 12.1 Å². The number of nitrogens with zero attached hydrogens (tertiary/aromatic N) is 3. The van der Waals surface area contributed by atoms with Crippen LogP contribution >= 0.6 is 0 Å². The van der Waals surface area contributed by atoms with Crippen LogP contribution in [0.4, 0.5) is 11.4 Å². The summed E-state index contributed by atoms with van der Waals surface area (Å²) < 4.78 is 4.83. The molecule has 0 aliphatic heterocycles. The Bertz CT molecular complexity index is 1000. The number of carbonyl (C=O) groups is 1. The second-order valence-corrected chi connectivity index (χ2v) is 6.59. The molecule has 0 heterocycles. The second-order valence-electron chi connectivity index (χ2n) is 6.59. The lowest BCUT2D eigenvalue weighted by Gasteiger charge is -2.07. The molecule has 0 radical (unpaired) electrons. The van der Waals surface area contributed by atoms with Crippen LogP contribution in [0, 0.1) is 20.2 Å². The van der Waals surface area contributed by atoms with Crippen molar-refractivity contribution >= 4 is 23.1 Å². The van der Waals surface area contributed by atoms with Gasteiger partial charge >= 0.3 is 11.7 Å². The second kappa shape index (κ2) is 12.6. The van der Waals surface area contributed by atoms with E-state index in [1.165, 1.54) is 6.08 Å². The first kappa shape index (κ1) is 24.2. The number of ether oxygens (including phenoxy) is 1. The molecule has 2 aromatic carbocycles. The molecule has 0 aliphatic carbocycles. The largest absolute Gasteiger partial charge is 0.463 e. The van der Waals surface area contributed by atoms with Gasteiger partial charge in [-0.3, -0.25) is 20.2 Å². The van der Waals surface area contributed by atoms with E-state index in [0.717, 1.165) is 23.8 Å². The van der Waals surface area contributed by atoms with E-state index in [9.17, 15) is 25.0 Å². The molecule has 0 amide bonds. The van der Waals surface area contributed by atoms with Crippen molar-refractivity contribution < 1.29 is 24.2 Å². The number of esters is 1. The SMILES string of the molecule is CCOC(=O)/C=C/CC/C(CCc1ccccc1)=N/Oc1ccc([N+](=O)[O-])cc1[N+](=O)[O-]. The third-order valence-corrected chi connectivity index (χ3v) is 4.31. The third kappa shape index (κ3) is 7.98. The Kier molecular flexibility index (Phi) is 9.51. The topological polar surface area (TPSA) is 134 Å². The van der Waals surface area contributed by atoms with Gasteiger partial charge in [0.05, 0.1) is 28.2 Å². The summed E-state index contributed by atoms with van der Waals surface area (Å²) in [7, 11) is 0. The quantitative estimate of drug-likeness (QED) is 0.152. The van der Waals surface area contributed by atoms with E-state index >= 15 is 0 Å². The van der Waals surface area contributed by atoms with Gasteiger partial charge in [-0.2, -0.15) is 0 Å². The third-order valence-electron chi connectivity index (χ3n) is 4.31. The molecular formula is C22H23N3O7. The summed E-state index contributed by atoms with van der Waals surface area (Å²) >= 11 is 0. The Labute approximate surface area is 184 Å². The first-order chi connectivity index (χ1) is 15.4. The van der Waals surface area contributed by atoms with Gasteiger partial charge < -0.3 is 9.57 Å². The smallest absolute Gasteiger partial charge is 0.330 e. The zero-order valence-corrected chi connectivity index (χ0v) is 17.5. The number of nitro benzene ring substituents is 2. The Morgan fingerprint density at radius 1 is 1.06 bits per heavy atom. The van der Waals surface area contributed by atoms with E-state index < -0.39 is 27.2 Å². The molecule has 0 bridgehead atoms. The van der Waals surface area contributed by atoms with Crippen molar-refractivity contribution in [1.29, 1.82) is 0 Å². The Hall–Kier alpha value is -4.08. The summed E-state index contributed by atoms with van der Waals surface area (Å²) in [5, 5.41) is 26.2. The summed E-state index contributed by atoms with van der Waals surface area (Å²) in [4.78, 5) is 37.4. The number of hydrogen-bond donors (Lipinski definition) is 0. The molecule has 0 saturated heterocycles. The molecule has 2 aromatic rings. The maximum Gasteiger partial charge on any atom is 0.330 e. The van der Waals surface area contributed by atoms with E-state index in [0.29, 0.717) is 31.4 Å². The maximum absolute atomic E-state index is 11.4. The van der Waals surface area contributed by atoms with E-state index in [2.05, 4.69) is 5.16 Å². The number of carbonyl (C=O) groups excluding carboxylic acids is 1. The van der Waals surface area contributed by atoms with Gasteiger partial charge in [-0.25, -0.2) is 4.79 Å². The molecule has 32 heavy (non-hydrogen) atoms. The van der Waals surface area contributed by atoms with Crippen molar-refractivity contribution in [2.75, 3.05) is 6.61 Å². The Morgan fingerprint density at radius 2 is 1.81 bits per heavy atom. The zero-order valence-electron chi connectivity index (χ0n) is 17.5. The highest BCUT2D eigenvalue weighted by atomic mass is 16.7. The zero-order chi connectivity index (χ0) is 23.3. The summed E-state index contributed by atoms with van der Waals surface area (Å²) in [6.45, 7) is 2.00. The standard InChI is InChI=1S/C22H23N3O7/c1-2-31-22(26)11-7-6-10-18(13-12-17-8-4-3-5-9-17)23-32-21-15-14-19(24(27)28)16-20(21)25(29)30/h3-5,7-9,11,14-16H,2,6,10,12-13H2,1H3/b11-7+,23-18-. The molecule has 0 unspecified atom stereocenters. The Balaban J connectivity index is 2.15. The lowest BCUT2D eigenvalue weighted by Crippen LogP contribution is -2.04. The number of nitro groups is 2. The summed E-state index contributed by atoms with van der Waals surface area (Å²) in [6, 6.07) is 12.8. The first-order valence-electron chi connectivity index (χ1n) is 9.93. The van der Waals surface area contributed by atoms with Crippen LogP contribution in [0.2, 0.25) is 0 Å². The van der Waals surface area contributed by atoms with Gasteiger partial charge in [0.2, 0.25) is 5.75 Å². The summed E-state index contributed by atoms with van der Waals surface area (Å²) in [5.41, 5.74) is 0.743. The number of hydrogen-bond acceptors (Lipinski definition) is 8. The number of non-ortho nitro benzene ring substituents is 1. The van der Waals surface area contributed by atoms with Crippen LogP contribution in [0.5, 0.6) is 5.75 Å². The fraction of sp³-hybridized carbons (Fsp3) is 0.273. The minimum Gasteiger partial charge on any atom is -0.463 e. The molecule has 0 aliphatic rings. The molecular weight excluding hydrogens is 418 g/mol. The highest BCUT2D eigenvalue weighted by molar-refractivity contribution is 5.85. The van der Waals surface area contributed by atoms with Crippen LogP contribution in [-0.2, 0) is 16.0 Å². The predicted molar refractivity (Wildman–Crippen MR) is 118 cm³/mol. The fourth-order valence-corrected chi connectivity index (χ4v) is 2.72. The molecule has 0 aromatic heterocycles. The number of oxime groups is 1. The normalized spacial score (nSPS) is 11.3. The maximum atomic E-state index is 11.4. The first-order valence-corrected chi connectivity index (χ1v) is 9.93. The van der Waals surface area contributed by atoms with Crippen LogP contribution in [-0.4, -0.2) is 28.1 Å². The van der Waals surface area contributed by atoms with Gasteiger partial charge in [-0.1, -0.05) is 41.6 Å². The molecule has 0 N–H and O–H groups in total. The predicted octanol–water partition coefficient (Wildman–Crippen LogP) is 4.77. The Morgan fingerprint density at radius 3 is 2.47 bits per heavy atom. The number of rotatable bonds is 12. The van der Waals surface area contributed by atoms with Crippen molar-refractivity contribution in [3.63, 3.8) is 0 Å². The van der Waals surface area contributed by atoms with Crippen molar-refractivity contribution in [3.8, 4) is 5.75 Å². The van der Waals surface area contributed by atoms with Gasteiger partial charge in [-0.05, 0) is 44.2 Å². The van der Waals surface area contributed by atoms with Gasteiger partial charge in [0.1, 0.15) is 0 Å². The van der Waals surface area contributed by atoms with Crippen LogP contribution in [0.25, 0.3) is 0 Å². The molecule has 10 nitrogen and oxygen atoms in total. The molecule has 0 saturated carbocycles. The number of benzene rings is 2. The summed E-state index contributed by atoms with van der Waals surface area (Å²) in [5.74, 6) is -0.632. The lowest BCUT2D eigenvalue weighted by atomic mass is 10.0. The van der Waals surface area contributed by atoms with E-state index in [1.807, 2.05) is 30.3 Å². The average Bonchev–Trinajstić information content (AvgIpc) is 2.78. The van der Waals surface area contributed by atoms with Gasteiger partial charge in [-0.15, -0.1) is 0 Å². The molecule has 10 heteroatoms. The van der Waals surface area contributed by atoms with E-state index in [1.54, 1.807) is 13.0 Å². The molecule has 2 rings (SSSR count). The highest BCUT2D eigenvalue weighted by Gasteiger charge is 2.21. The van der Waals surface area contributed by atoms with Gasteiger partial charge in [0.25, 0.3) is 5.69 Å². The molecule has 168 valence electrons. The highest BCUT2D eigenvalue weighted by Crippen LogP contribution is 2.31. The van der Waals surface area contributed by atoms with Crippen LogP contribution in [0.15, 0.2) is 65.8 Å². The van der Waals surface area contributed by atoms with Crippen molar-refractivity contribution in [2.45, 2.75) is 32.6 Å². The van der Waals surface area contributed by atoms with Crippen LogP contribution in [0.1, 0.15) is 31.7 Å². The van der Waals surface area contributed by atoms with Gasteiger partial charge in [0.15, 0.2) is 0 Å². The van der Waals surface area contributed by atoms with Crippen LogP contribution < -0.4 is 4.84 Å². The minimum absolute atomic E-state index is 0.195. The van der Waals surface area contributed by atoms with Crippen LogP contribution in [0.3, 0.4) is 0 Å². The molecule has 0 atom stereocenters. The number of allylic oxidation sites excluding steroid dienone is 1. The molecule has 0 fully saturated rings.